The minimum Gasteiger partial charge on any atom is -0.391 e. The van der Waals surface area contributed by atoms with Crippen molar-refractivity contribution in [1.82, 2.24) is 30.7 Å². The molecule has 248 valence electrons. The zero-order chi connectivity index (χ0) is 32.9. The van der Waals surface area contributed by atoms with Crippen molar-refractivity contribution >= 4 is 40.4 Å². The average Bonchev–Trinajstić information content (AvgIpc) is 3.84. The maximum Gasteiger partial charge on any atom is 0.252 e. The van der Waals surface area contributed by atoms with Crippen LogP contribution in [0.1, 0.15) is 30.4 Å². The number of aromatic nitrogens is 1. The molecule has 5 amide bonds. The van der Waals surface area contributed by atoms with Gasteiger partial charge in [-0.25, -0.2) is 0 Å². The van der Waals surface area contributed by atoms with Gasteiger partial charge in [-0.2, -0.15) is 0 Å². The highest BCUT2D eigenvalue weighted by molar-refractivity contribution is 5.96. The molecule has 0 saturated carbocycles. The number of rotatable bonds is 5. The van der Waals surface area contributed by atoms with E-state index in [4.69, 9.17) is 4.74 Å². The summed E-state index contributed by atoms with van der Waals surface area (Å²) in [6, 6.07) is 13.6. The minimum atomic E-state index is -1.10. The van der Waals surface area contributed by atoms with E-state index in [1.165, 1.54) is 9.80 Å². The summed E-state index contributed by atoms with van der Waals surface area (Å²) in [5, 5.41) is 20.0. The highest BCUT2D eigenvalue weighted by atomic mass is 16.5. The van der Waals surface area contributed by atoms with E-state index < -0.39 is 54.0 Å². The first-order valence-corrected chi connectivity index (χ1v) is 16.1. The van der Waals surface area contributed by atoms with Crippen LogP contribution in [-0.4, -0.2) is 113 Å². The second kappa shape index (κ2) is 14.3. The Morgan fingerprint density at radius 3 is 2.51 bits per heavy atom. The fourth-order valence-corrected chi connectivity index (χ4v) is 6.65. The van der Waals surface area contributed by atoms with Gasteiger partial charge < -0.3 is 40.6 Å². The number of hydrogen-bond donors (Lipinski definition) is 5. The molecule has 3 aromatic rings. The Morgan fingerprint density at radius 1 is 0.936 bits per heavy atom. The van der Waals surface area contributed by atoms with E-state index >= 15 is 0 Å². The SMILES string of the molecule is O=C1CN(C(=O)[C@@H]2CCCO2)CCNC(=O)[C@H](Cc2ccccc2)NC(=O)[C@@H]2C[C@@H](O)CN2C(=O)[C@@H](Cc2c[nH]c3ccccc23)N1. The lowest BCUT2D eigenvalue weighted by Gasteiger charge is -2.30. The van der Waals surface area contributed by atoms with Crippen molar-refractivity contribution in [3.63, 3.8) is 0 Å². The summed E-state index contributed by atoms with van der Waals surface area (Å²) in [6.07, 6.45) is 1.62. The predicted molar refractivity (Wildman–Crippen MR) is 171 cm³/mol. The molecule has 13 heteroatoms. The van der Waals surface area contributed by atoms with Crippen LogP contribution in [0, 0.1) is 0 Å². The summed E-state index contributed by atoms with van der Waals surface area (Å²) in [7, 11) is 0. The van der Waals surface area contributed by atoms with Crippen molar-refractivity contribution in [3.8, 4) is 0 Å². The van der Waals surface area contributed by atoms with Gasteiger partial charge in [0.25, 0.3) is 5.91 Å². The number of ether oxygens (including phenoxy) is 1. The van der Waals surface area contributed by atoms with Gasteiger partial charge in [-0.1, -0.05) is 48.5 Å². The van der Waals surface area contributed by atoms with Gasteiger partial charge in [-0.15, -0.1) is 0 Å². The van der Waals surface area contributed by atoms with E-state index in [1.54, 1.807) is 6.20 Å². The molecule has 0 aliphatic carbocycles. The number of carbonyl (C=O) groups excluding carboxylic acids is 5. The smallest absolute Gasteiger partial charge is 0.252 e. The van der Waals surface area contributed by atoms with Crippen LogP contribution in [0.3, 0.4) is 0 Å². The number of carbonyl (C=O) groups is 5. The van der Waals surface area contributed by atoms with Gasteiger partial charge in [0.15, 0.2) is 0 Å². The Balaban J connectivity index is 1.32. The second-order valence-electron chi connectivity index (χ2n) is 12.4. The molecule has 13 nitrogen and oxygen atoms in total. The van der Waals surface area contributed by atoms with Crippen molar-refractivity contribution < 1.29 is 33.8 Å². The first-order valence-electron chi connectivity index (χ1n) is 16.1. The standard InChI is InChI=1S/C34H40N6O7/c41-23-17-28-32(44)38-26(15-21-7-2-1-3-8-21)31(43)35-12-13-39(34(46)29-11-6-14-47-29)20-30(42)37-27(33(45)40(28)19-23)16-22-18-36-25-10-5-4-9-24(22)25/h1-5,7-10,18,23,26-29,36,41H,6,11-17,19-20H2,(H,35,43)(H,37,42)(H,38,44)/t23-,26+,27-,28+,29+/m1/s1. The Bertz CT molecular complexity index is 1620. The molecule has 5 atom stereocenters. The van der Waals surface area contributed by atoms with Crippen LogP contribution in [0.15, 0.2) is 60.8 Å². The number of nitrogens with one attached hydrogen (secondary N) is 4. The van der Waals surface area contributed by atoms with E-state index in [0.717, 1.165) is 28.5 Å². The van der Waals surface area contributed by atoms with Crippen LogP contribution in [0.4, 0.5) is 0 Å². The third-order valence-electron chi connectivity index (χ3n) is 9.04. The average molecular weight is 645 g/mol. The first-order chi connectivity index (χ1) is 22.8. The van der Waals surface area contributed by atoms with Crippen molar-refractivity contribution in [2.24, 2.45) is 0 Å². The van der Waals surface area contributed by atoms with Crippen LogP contribution in [0.5, 0.6) is 0 Å². The topological polar surface area (TPSA) is 173 Å². The molecule has 0 bridgehead atoms. The van der Waals surface area contributed by atoms with Gasteiger partial charge in [-0.3, -0.25) is 24.0 Å². The summed E-state index contributed by atoms with van der Waals surface area (Å²) in [5.41, 5.74) is 2.46. The van der Waals surface area contributed by atoms with E-state index in [-0.39, 0.29) is 51.3 Å². The normalized spacial score (nSPS) is 26.3. The molecule has 2 aromatic carbocycles. The van der Waals surface area contributed by atoms with Gasteiger partial charge in [-0.05, 0) is 30.0 Å². The summed E-state index contributed by atoms with van der Waals surface area (Å²) < 4.78 is 5.61. The zero-order valence-corrected chi connectivity index (χ0v) is 26.0. The highest BCUT2D eigenvalue weighted by Crippen LogP contribution is 2.24. The molecule has 0 unspecified atom stereocenters. The van der Waals surface area contributed by atoms with Crippen molar-refractivity contribution in [2.75, 3.05) is 32.8 Å². The molecule has 3 aliphatic rings. The Hall–Kier alpha value is -4.75. The van der Waals surface area contributed by atoms with Crippen LogP contribution < -0.4 is 16.0 Å². The summed E-state index contributed by atoms with van der Waals surface area (Å²) >= 11 is 0. The fraction of sp³-hybridized carbons (Fsp3) is 0.441. The van der Waals surface area contributed by atoms with Crippen molar-refractivity contribution in [3.05, 3.63) is 71.9 Å². The van der Waals surface area contributed by atoms with Crippen LogP contribution >= 0.6 is 0 Å². The Labute approximate surface area is 272 Å². The number of aliphatic hydroxyl groups is 1. The Morgan fingerprint density at radius 2 is 1.72 bits per heavy atom. The minimum absolute atomic E-state index is 0.0192. The molecular formula is C34H40N6O7. The number of benzene rings is 2. The Kier molecular flexibility index (Phi) is 9.83. The second-order valence-corrected chi connectivity index (χ2v) is 12.4. The number of H-pyrrole nitrogens is 1. The van der Waals surface area contributed by atoms with Gasteiger partial charge >= 0.3 is 0 Å². The molecule has 47 heavy (non-hydrogen) atoms. The van der Waals surface area contributed by atoms with Gasteiger partial charge in [0.1, 0.15) is 24.2 Å². The third kappa shape index (κ3) is 7.47. The lowest BCUT2D eigenvalue weighted by molar-refractivity contribution is -0.145. The predicted octanol–water partition coefficient (Wildman–Crippen LogP) is 0.0219. The zero-order valence-electron chi connectivity index (χ0n) is 26.0. The summed E-state index contributed by atoms with van der Waals surface area (Å²) in [5.74, 6) is -2.53. The van der Waals surface area contributed by atoms with E-state index in [0.29, 0.717) is 13.0 Å². The number of nitrogens with zero attached hydrogens (tertiary/aromatic N) is 2. The number of fused-ring (bicyclic) bond motifs is 2. The molecule has 1 aromatic heterocycles. The molecular weight excluding hydrogens is 604 g/mol. The van der Waals surface area contributed by atoms with Crippen LogP contribution in [0.25, 0.3) is 10.9 Å². The number of para-hydroxylation sites is 1. The lowest BCUT2D eigenvalue weighted by atomic mass is 10.0. The molecule has 3 fully saturated rings. The summed E-state index contributed by atoms with van der Waals surface area (Å²) in [6.45, 7) is 0.0148. The molecule has 0 radical (unpaired) electrons. The maximum absolute atomic E-state index is 14.3. The van der Waals surface area contributed by atoms with E-state index in [2.05, 4.69) is 20.9 Å². The monoisotopic (exact) mass is 644 g/mol. The van der Waals surface area contributed by atoms with Crippen LogP contribution in [-0.2, 0) is 41.6 Å². The first kappa shape index (κ1) is 32.2. The van der Waals surface area contributed by atoms with Crippen LogP contribution in [0.2, 0.25) is 0 Å². The van der Waals surface area contributed by atoms with Gasteiger partial charge in [0, 0.05) is 62.6 Å². The van der Waals surface area contributed by atoms with Crippen molar-refractivity contribution in [2.45, 2.75) is 62.4 Å². The van der Waals surface area contributed by atoms with Gasteiger partial charge in [0.2, 0.25) is 23.6 Å². The number of aliphatic hydroxyl groups excluding tert-OH is 1. The molecule has 5 N–H and O–H groups in total. The molecule has 0 spiro atoms. The molecule has 6 rings (SSSR count). The van der Waals surface area contributed by atoms with Gasteiger partial charge in [0.05, 0.1) is 12.6 Å². The maximum atomic E-state index is 14.3. The highest BCUT2D eigenvalue weighted by Gasteiger charge is 2.43. The third-order valence-corrected chi connectivity index (χ3v) is 9.04. The number of hydrogen-bond acceptors (Lipinski definition) is 7. The molecule has 3 aliphatic heterocycles. The summed E-state index contributed by atoms with van der Waals surface area (Å²) in [4.78, 5) is 74.4. The number of aromatic amines is 1. The van der Waals surface area contributed by atoms with E-state index in [9.17, 15) is 29.1 Å². The van der Waals surface area contributed by atoms with E-state index in [1.807, 2.05) is 54.6 Å². The molecule has 3 saturated heterocycles. The largest absolute Gasteiger partial charge is 0.391 e. The number of amides is 5. The quantitative estimate of drug-likeness (QED) is 0.261. The molecule has 4 heterocycles. The lowest BCUT2D eigenvalue weighted by Crippen LogP contribution is -2.57. The van der Waals surface area contributed by atoms with Crippen molar-refractivity contribution in [1.29, 1.82) is 0 Å². The fourth-order valence-electron chi connectivity index (χ4n) is 6.65.